The topological polar surface area (TPSA) is 53.4 Å². The van der Waals surface area contributed by atoms with Crippen LogP contribution in [-0.2, 0) is 0 Å². The number of aromatic nitrogens is 1. The minimum atomic E-state index is -0.178. The van der Waals surface area contributed by atoms with Crippen molar-refractivity contribution in [1.82, 2.24) is 9.88 Å². The molecular weight excluding hydrogens is 240 g/mol. The molecule has 0 radical (unpaired) electrons. The number of pyridine rings is 1. The summed E-state index contributed by atoms with van der Waals surface area (Å²) in [6, 6.07) is 3.70. The van der Waals surface area contributed by atoms with Crippen LogP contribution in [0.3, 0.4) is 0 Å². The van der Waals surface area contributed by atoms with Gasteiger partial charge in [0.2, 0.25) is 0 Å². The predicted molar refractivity (Wildman–Crippen MR) is 72.5 cm³/mol. The molecule has 1 atom stereocenters. The second kappa shape index (κ2) is 5.85. The van der Waals surface area contributed by atoms with Gasteiger partial charge < -0.3 is 10.0 Å². The van der Waals surface area contributed by atoms with Gasteiger partial charge in [0.15, 0.2) is 0 Å². The van der Waals surface area contributed by atoms with Crippen LogP contribution in [0.2, 0.25) is 0 Å². The maximum Gasteiger partial charge on any atom is 0.272 e. The van der Waals surface area contributed by atoms with Crippen LogP contribution in [-0.4, -0.2) is 40.6 Å². The van der Waals surface area contributed by atoms with Gasteiger partial charge in [-0.1, -0.05) is 11.8 Å². The predicted octanol–water partition coefficient (Wildman–Crippen LogP) is 1.30. The molecule has 1 saturated carbocycles. The van der Waals surface area contributed by atoms with Crippen molar-refractivity contribution >= 4 is 5.91 Å². The molecule has 0 aliphatic heterocycles. The average molecular weight is 258 g/mol. The summed E-state index contributed by atoms with van der Waals surface area (Å²) in [4.78, 5) is 18.1. The van der Waals surface area contributed by atoms with E-state index >= 15 is 0 Å². The Morgan fingerprint density at radius 1 is 1.58 bits per heavy atom. The SMILES string of the molecule is CC(C1CC1)N(C)C(=O)c1ccc(C#CCO)cn1. The van der Waals surface area contributed by atoms with Crippen molar-refractivity contribution < 1.29 is 9.90 Å². The Morgan fingerprint density at radius 2 is 2.32 bits per heavy atom. The summed E-state index contributed by atoms with van der Waals surface area (Å²) in [5.74, 6) is 5.89. The average Bonchev–Trinajstić information content (AvgIpc) is 3.28. The highest BCUT2D eigenvalue weighted by Crippen LogP contribution is 2.34. The summed E-state index contributed by atoms with van der Waals surface area (Å²) in [6.07, 6.45) is 3.98. The first-order valence-corrected chi connectivity index (χ1v) is 6.46. The van der Waals surface area contributed by atoms with Gasteiger partial charge in [0, 0.05) is 24.8 Å². The first kappa shape index (κ1) is 13.6. The lowest BCUT2D eigenvalue weighted by Gasteiger charge is -2.24. The lowest BCUT2D eigenvalue weighted by molar-refractivity contribution is 0.0721. The van der Waals surface area contributed by atoms with Gasteiger partial charge in [-0.3, -0.25) is 4.79 Å². The Bertz CT molecular complexity index is 509. The van der Waals surface area contributed by atoms with Gasteiger partial charge in [-0.15, -0.1) is 0 Å². The molecule has 1 aromatic heterocycles. The fraction of sp³-hybridized carbons (Fsp3) is 0.467. The van der Waals surface area contributed by atoms with Gasteiger partial charge in [-0.05, 0) is 37.8 Å². The summed E-state index contributed by atoms with van der Waals surface area (Å²) < 4.78 is 0. The lowest BCUT2D eigenvalue weighted by Crippen LogP contribution is -2.36. The summed E-state index contributed by atoms with van der Waals surface area (Å²) in [7, 11) is 1.83. The van der Waals surface area contributed by atoms with Crippen molar-refractivity contribution in [2.75, 3.05) is 13.7 Å². The standard InChI is InChI=1S/C15H18N2O2/c1-11(13-6-7-13)17(2)15(19)14-8-5-12(10-16-14)4-3-9-18/h5,8,10-11,13,18H,6-7,9H2,1-2H3. The fourth-order valence-corrected chi connectivity index (χ4v) is 2.00. The third-order valence-electron chi connectivity index (χ3n) is 3.53. The van der Waals surface area contributed by atoms with Crippen LogP contribution >= 0.6 is 0 Å². The normalized spacial score (nSPS) is 15.3. The van der Waals surface area contributed by atoms with E-state index in [1.165, 1.54) is 12.8 Å². The van der Waals surface area contributed by atoms with Crippen molar-refractivity contribution in [3.05, 3.63) is 29.6 Å². The number of rotatable bonds is 3. The highest BCUT2D eigenvalue weighted by molar-refractivity contribution is 5.92. The van der Waals surface area contributed by atoms with E-state index in [-0.39, 0.29) is 18.6 Å². The van der Waals surface area contributed by atoms with E-state index in [2.05, 4.69) is 23.7 Å². The van der Waals surface area contributed by atoms with Crippen LogP contribution in [0.15, 0.2) is 18.3 Å². The van der Waals surface area contributed by atoms with E-state index in [4.69, 9.17) is 5.11 Å². The number of aliphatic hydroxyl groups is 1. The van der Waals surface area contributed by atoms with Crippen LogP contribution in [0, 0.1) is 17.8 Å². The van der Waals surface area contributed by atoms with Crippen molar-refractivity contribution in [2.45, 2.75) is 25.8 Å². The number of nitrogens with zero attached hydrogens (tertiary/aromatic N) is 2. The summed E-state index contributed by atoms with van der Waals surface area (Å²) in [5, 5.41) is 8.61. The Morgan fingerprint density at radius 3 is 2.84 bits per heavy atom. The molecule has 1 aliphatic rings. The monoisotopic (exact) mass is 258 g/mol. The number of carbonyl (C=O) groups excluding carboxylic acids is 1. The zero-order valence-electron chi connectivity index (χ0n) is 11.3. The fourth-order valence-electron chi connectivity index (χ4n) is 2.00. The van der Waals surface area contributed by atoms with Crippen LogP contribution in [0.25, 0.3) is 0 Å². The number of carbonyl (C=O) groups is 1. The van der Waals surface area contributed by atoms with E-state index < -0.39 is 0 Å². The molecule has 0 spiro atoms. The molecule has 0 aromatic carbocycles. The molecule has 0 bridgehead atoms. The van der Waals surface area contributed by atoms with Gasteiger partial charge in [0.05, 0.1) is 0 Å². The van der Waals surface area contributed by atoms with Gasteiger partial charge in [0.25, 0.3) is 5.91 Å². The Labute approximate surface area is 113 Å². The van der Waals surface area contributed by atoms with Crippen molar-refractivity contribution in [3.8, 4) is 11.8 Å². The minimum absolute atomic E-state index is 0.0546. The van der Waals surface area contributed by atoms with E-state index in [9.17, 15) is 4.79 Å². The molecule has 1 amide bonds. The third kappa shape index (κ3) is 3.33. The van der Waals surface area contributed by atoms with Crippen LogP contribution in [0.5, 0.6) is 0 Å². The van der Waals surface area contributed by atoms with Crippen LogP contribution < -0.4 is 0 Å². The first-order chi connectivity index (χ1) is 9.13. The number of hydrogen-bond donors (Lipinski definition) is 1. The number of hydrogen-bond acceptors (Lipinski definition) is 3. The van der Waals surface area contributed by atoms with Crippen molar-refractivity contribution in [1.29, 1.82) is 0 Å². The van der Waals surface area contributed by atoms with Crippen molar-refractivity contribution in [2.24, 2.45) is 5.92 Å². The molecule has 4 heteroatoms. The third-order valence-corrected chi connectivity index (χ3v) is 3.53. The zero-order valence-corrected chi connectivity index (χ0v) is 11.3. The molecule has 1 aromatic rings. The molecule has 0 saturated heterocycles. The number of amides is 1. The Kier molecular flexibility index (Phi) is 4.18. The second-order valence-electron chi connectivity index (χ2n) is 4.89. The molecule has 1 unspecified atom stereocenters. The highest BCUT2D eigenvalue weighted by atomic mass is 16.2. The first-order valence-electron chi connectivity index (χ1n) is 6.46. The molecule has 4 nitrogen and oxygen atoms in total. The molecule has 2 rings (SSSR count). The minimum Gasteiger partial charge on any atom is -0.384 e. The lowest BCUT2D eigenvalue weighted by atomic mass is 10.1. The maximum atomic E-state index is 12.2. The van der Waals surface area contributed by atoms with Gasteiger partial charge >= 0.3 is 0 Å². The summed E-state index contributed by atoms with van der Waals surface area (Å²) in [5.41, 5.74) is 1.13. The summed E-state index contributed by atoms with van der Waals surface area (Å²) in [6.45, 7) is 1.90. The van der Waals surface area contributed by atoms with Gasteiger partial charge in [-0.2, -0.15) is 0 Å². The Balaban J connectivity index is 2.06. The molecule has 1 heterocycles. The van der Waals surface area contributed by atoms with E-state index in [1.807, 2.05) is 7.05 Å². The Hall–Kier alpha value is -1.86. The van der Waals surface area contributed by atoms with Crippen LogP contribution in [0.1, 0.15) is 35.8 Å². The van der Waals surface area contributed by atoms with Crippen molar-refractivity contribution in [3.63, 3.8) is 0 Å². The number of aliphatic hydroxyl groups excluding tert-OH is 1. The highest BCUT2D eigenvalue weighted by Gasteiger charge is 2.32. The van der Waals surface area contributed by atoms with Gasteiger partial charge in [-0.25, -0.2) is 4.98 Å². The van der Waals surface area contributed by atoms with Gasteiger partial charge in [0.1, 0.15) is 12.3 Å². The molecule has 100 valence electrons. The van der Waals surface area contributed by atoms with E-state index in [0.29, 0.717) is 17.2 Å². The maximum absolute atomic E-state index is 12.2. The quantitative estimate of drug-likeness (QED) is 0.831. The van der Waals surface area contributed by atoms with E-state index in [1.54, 1.807) is 23.2 Å². The molecule has 1 aliphatic carbocycles. The molecule has 1 N–H and O–H groups in total. The largest absolute Gasteiger partial charge is 0.384 e. The molecule has 1 fully saturated rings. The van der Waals surface area contributed by atoms with Crippen LogP contribution in [0.4, 0.5) is 0 Å². The second-order valence-corrected chi connectivity index (χ2v) is 4.89. The molecule has 19 heavy (non-hydrogen) atoms. The smallest absolute Gasteiger partial charge is 0.272 e. The molecular formula is C15H18N2O2. The van der Waals surface area contributed by atoms with E-state index in [0.717, 1.165) is 0 Å². The summed E-state index contributed by atoms with van der Waals surface area (Å²) >= 11 is 0. The zero-order chi connectivity index (χ0) is 13.8.